The fourth-order valence-electron chi connectivity index (χ4n) is 4.03. The highest BCUT2D eigenvalue weighted by molar-refractivity contribution is 5.79. The van der Waals surface area contributed by atoms with E-state index in [-0.39, 0.29) is 25.4 Å². The first kappa shape index (κ1) is 21.9. The first-order chi connectivity index (χ1) is 16.3. The van der Waals surface area contributed by atoms with Crippen LogP contribution in [0.4, 0.5) is 14.5 Å². The van der Waals surface area contributed by atoms with Gasteiger partial charge in [-0.15, -0.1) is 0 Å². The number of nitrogens with one attached hydrogen (secondary N) is 2. The maximum Gasteiger partial charge on any atom is 0.251 e. The largest absolute Gasteiger partial charge is 0.382 e. The number of nitrogens with zero attached hydrogens (tertiary/aromatic N) is 6. The van der Waals surface area contributed by atoms with Gasteiger partial charge in [0.2, 0.25) is 0 Å². The number of rotatable bonds is 5. The van der Waals surface area contributed by atoms with Crippen LogP contribution in [0.2, 0.25) is 0 Å². The normalized spacial score (nSPS) is 17.7. The molecule has 2 N–H and O–H groups in total. The Hall–Kier alpha value is -3.91. The number of aromatic nitrogens is 5. The number of nitriles is 1. The van der Waals surface area contributed by atoms with Gasteiger partial charge in [0, 0.05) is 55.3 Å². The topological polar surface area (TPSA) is 117 Å². The van der Waals surface area contributed by atoms with E-state index >= 15 is 0 Å². The molecule has 11 heteroatoms. The molecule has 1 unspecified atom stereocenters. The van der Waals surface area contributed by atoms with E-state index in [1.807, 2.05) is 19.9 Å². The zero-order valence-electron chi connectivity index (χ0n) is 18.6. The predicted octanol–water partition coefficient (Wildman–Crippen LogP) is 4.22. The highest BCUT2D eigenvalue weighted by Gasteiger charge is 2.38. The number of hydrogen-bond acceptors (Lipinski definition) is 8. The molecule has 0 saturated carbocycles. The number of piperidine rings is 1. The number of alkyl halides is 2. The summed E-state index contributed by atoms with van der Waals surface area (Å²) >= 11 is 0. The fraction of sp³-hybridized carbons (Fsp3) is 0.348. The molecule has 1 aliphatic heterocycles. The summed E-state index contributed by atoms with van der Waals surface area (Å²) in [5.41, 5.74) is 2.83. The maximum atomic E-state index is 13.9. The van der Waals surface area contributed by atoms with E-state index in [2.05, 4.69) is 36.9 Å². The first-order valence-electron chi connectivity index (χ1n) is 10.9. The van der Waals surface area contributed by atoms with Crippen molar-refractivity contribution in [2.24, 2.45) is 0 Å². The summed E-state index contributed by atoms with van der Waals surface area (Å²) in [6, 6.07) is 6.80. The molecular formula is C23H22F2N8O. The van der Waals surface area contributed by atoms with E-state index in [1.54, 1.807) is 29.2 Å². The second kappa shape index (κ2) is 8.46. The molecule has 0 spiro atoms. The van der Waals surface area contributed by atoms with Gasteiger partial charge in [0.05, 0.1) is 29.1 Å². The highest BCUT2D eigenvalue weighted by Crippen LogP contribution is 2.36. The summed E-state index contributed by atoms with van der Waals surface area (Å²) in [6.07, 6.45) is 4.24. The molecule has 1 aliphatic rings. The Morgan fingerprint density at radius 3 is 2.85 bits per heavy atom. The minimum Gasteiger partial charge on any atom is -0.382 e. The molecule has 1 atom stereocenters. The van der Waals surface area contributed by atoms with Crippen molar-refractivity contribution >= 4 is 16.7 Å². The fourth-order valence-corrected chi connectivity index (χ4v) is 4.03. The molecule has 0 aliphatic carbocycles. The summed E-state index contributed by atoms with van der Waals surface area (Å²) in [6.45, 7) is 4.22. The third kappa shape index (κ3) is 4.20. The highest BCUT2D eigenvalue weighted by atomic mass is 19.3. The van der Waals surface area contributed by atoms with Crippen molar-refractivity contribution in [2.45, 2.75) is 44.7 Å². The Morgan fingerprint density at radius 2 is 2.09 bits per heavy atom. The lowest BCUT2D eigenvalue weighted by molar-refractivity contribution is -0.0422. The summed E-state index contributed by atoms with van der Waals surface area (Å²) in [7, 11) is 0. The molecule has 34 heavy (non-hydrogen) atoms. The molecule has 174 valence electrons. The first-order valence-corrected chi connectivity index (χ1v) is 10.9. The Bertz CT molecular complexity index is 1390. The molecule has 0 amide bonds. The Balaban J connectivity index is 1.51. The number of anilines is 1. The van der Waals surface area contributed by atoms with Gasteiger partial charge in [0.15, 0.2) is 17.2 Å². The zero-order valence-corrected chi connectivity index (χ0v) is 18.6. The molecule has 9 nitrogen and oxygen atoms in total. The lowest BCUT2D eigenvalue weighted by atomic mass is 9.98. The molecule has 5 heterocycles. The number of hydrogen-bond donors (Lipinski definition) is 2. The standard InChI is InChI=1S/C23H22F2N8O/c1-13(2)31-17-7-21(33-22-15(11-30-33)5-14(9-26)10-29-22)28-12-16(17)20-6-18(32-34-20)19-8-23(24,25)3-4-27-19/h5-7,10-13,19,27H,3-4,8H2,1-2H3,(H,28,31). The second-order valence-corrected chi connectivity index (χ2v) is 8.62. The van der Waals surface area contributed by atoms with Crippen LogP contribution < -0.4 is 10.6 Å². The van der Waals surface area contributed by atoms with E-state index < -0.39 is 12.0 Å². The van der Waals surface area contributed by atoms with Crippen LogP contribution in [0.15, 0.2) is 41.3 Å². The van der Waals surface area contributed by atoms with Crippen molar-refractivity contribution in [1.82, 2.24) is 30.2 Å². The third-order valence-corrected chi connectivity index (χ3v) is 5.62. The molecule has 4 aromatic rings. The smallest absolute Gasteiger partial charge is 0.251 e. The van der Waals surface area contributed by atoms with Gasteiger partial charge in [-0.25, -0.2) is 18.7 Å². The Labute approximate surface area is 193 Å². The number of fused-ring (bicyclic) bond motifs is 1. The Kier molecular flexibility index (Phi) is 5.45. The molecular weight excluding hydrogens is 442 g/mol. The van der Waals surface area contributed by atoms with Crippen LogP contribution in [-0.4, -0.2) is 43.4 Å². The summed E-state index contributed by atoms with van der Waals surface area (Å²) < 4.78 is 34.9. The maximum absolute atomic E-state index is 13.9. The van der Waals surface area contributed by atoms with Gasteiger partial charge < -0.3 is 15.2 Å². The van der Waals surface area contributed by atoms with Gasteiger partial charge >= 0.3 is 0 Å². The van der Waals surface area contributed by atoms with E-state index in [1.165, 1.54) is 6.20 Å². The molecule has 5 rings (SSSR count). The minimum absolute atomic E-state index is 0.0979. The molecule has 0 aromatic carbocycles. The van der Waals surface area contributed by atoms with Crippen molar-refractivity contribution in [2.75, 3.05) is 11.9 Å². The molecule has 1 fully saturated rings. The predicted molar refractivity (Wildman–Crippen MR) is 121 cm³/mol. The van der Waals surface area contributed by atoms with Gasteiger partial charge in [-0.1, -0.05) is 5.16 Å². The summed E-state index contributed by atoms with van der Waals surface area (Å²) in [5, 5.41) is 24.7. The van der Waals surface area contributed by atoms with Crippen molar-refractivity contribution in [3.63, 3.8) is 0 Å². The second-order valence-electron chi connectivity index (χ2n) is 8.62. The van der Waals surface area contributed by atoms with Crippen LogP contribution in [-0.2, 0) is 0 Å². The van der Waals surface area contributed by atoms with E-state index in [4.69, 9.17) is 9.78 Å². The summed E-state index contributed by atoms with van der Waals surface area (Å²) in [5.74, 6) is -1.78. The van der Waals surface area contributed by atoms with Gasteiger partial charge in [-0.2, -0.15) is 15.0 Å². The van der Waals surface area contributed by atoms with Crippen LogP contribution in [0.3, 0.4) is 0 Å². The van der Waals surface area contributed by atoms with Crippen molar-refractivity contribution in [3.8, 4) is 23.2 Å². The van der Waals surface area contributed by atoms with E-state index in [0.29, 0.717) is 34.0 Å². The monoisotopic (exact) mass is 464 g/mol. The minimum atomic E-state index is -2.73. The zero-order chi connectivity index (χ0) is 23.9. The molecule has 4 aromatic heterocycles. The molecule has 1 saturated heterocycles. The SMILES string of the molecule is CC(C)Nc1cc(-n2ncc3cc(C#N)cnc32)ncc1-c1cc(C2CC(F)(F)CCN2)no1. The van der Waals surface area contributed by atoms with Crippen LogP contribution >= 0.6 is 0 Å². The molecule has 0 radical (unpaired) electrons. The quantitative estimate of drug-likeness (QED) is 0.451. The third-order valence-electron chi connectivity index (χ3n) is 5.62. The van der Waals surface area contributed by atoms with Crippen LogP contribution in [0.25, 0.3) is 28.2 Å². The van der Waals surface area contributed by atoms with Crippen LogP contribution in [0.5, 0.6) is 0 Å². The van der Waals surface area contributed by atoms with Crippen LogP contribution in [0.1, 0.15) is 44.0 Å². The number of halogens is 2. The van der Waals surface area contributed by atoms with Gasteiger partial charge in [0.25, 0.3) is 5.92 Å². The lowest BCUT2D eigenvalue weighted by Gasteiger charge is -2.28. The van der Waals surface area contributed by atoms with Gasteiger partial charge in [-0.3, -0.25) is 0 Å². The average Bonchev–Trinajstić information content (AvgIpc) is 3.45. The van der Waals surface area contributed by atoms with Crippen molar-refractivity contribution in [1.29, 1.82) is 5.26 Å². The lowest BCUT2D eigenvalue weighted by Crippen LogP contribution is -2.38. The van der Waals surface area contributed by atoms with Gasteiger partial charge in [-0.05, 0) is 19.9 Å². The van der Waals surface area contributed by atoms with Gasteiger partial charge in [0.1, 0.15) is 11.8 Å². The average molecular weight is 464 g/mol. The summed E-state index contributed by atoms with van der Waals surface area (Å²) in [4.78, 5) is 8.88. The van der Waals surface area contributed by atoms with Crippen molar-refractivity contribution < 1.29 is 13.3 Å². The number of pyridine rings is 2. The molecule has 0 bridgehead atoms. The van der Waals surface area contributed by atoms with Crippen LogP contribution in [0, 0.1) is 11.3 Å². The van der Waals surface area contributed by atoms with E-state index in [0.717, 1.165) is 11.1 Å². The van der Waals surface area contributed by atoms with E-state index in [9.17, 15) is 8.78 Å². The Morgan fingerprint density at radius 1 is 1.24 bits per heavy atom. The van der Waals surface area contributed by atoms with Crippen molar-refractivity contribution in [3.05, 3.63) is 48.0 Å².